The van der Waals surface area contributed by atoms with E-state index in [1.807, 2.05) is 12.1 Å². The second kappa shape index (κ2) is 8.25. The largest absolute Gasteiger partial charge is 0.489 e. The summed E-state index contributed by atoms with van der Waals surface area (Å²) >= 11 is 5.83. The molecule has 6 heteroatoms. The van der Waals surface area contributed by atoms with E-state index in [2.05, 4.69) is 5.32 Å². The van der Waals surface area contributed by atoms with Crippen molar-refractivity contribution in [3.63, 3.8) is 0 Å². The van der Waals surface area contributed by atoms with Gasteiger partial charge in [0.15, 0.2) is 5.57 Å². The average molecular weight is 335 g/mol. The SMILES string of the molecule is N#CC(C#N)=C(C#N)Nc1ccc(OCc2ccc(Cl)cc2)cc1. The molecule has 0 heterocycles. The van der Waals surface area contributed by atoms with Crippen LogP contribution in [0.4, 0.5) is 5.69 Å². The normalized spacial score (nSPS) is 9.08. The molecule has 2 rings (SSSR count). The minimum atomic E-state index is -0.263. The van der Waals surface area contributed by atoms with Crippen LogP contribution >= 0.6 is 11.6 Å². The first-order valence-corrected chi connectivity index (χ1v) is 7.23. The Morgan fingerprint density at radius 1 is 0.917 bits per heavy atom. The highest BCUT2D eigenvalue weighted by molar-refractivity contribution is 6.30. The van der Waals surface area contributed by atoms with Gasteiger partial charge in [0.25, 0.3) is 0 Å². The lowest BCUT2D eigenvalue weighted by Crippen LogP contribution is -2.01. The van der Waals surface area contributed by atoms with Crippen LogP contribution in [0.3, 0.4) is 0 Å². The predicted octanol–water partition coefficient (Wildman–Crippen LogP) is 4.16. The second-order valence-electron chi connectivity index (χ2n) is 4.65. The Morgan fingerprint density at radius 2 is 1.54 bits per heavy atom. The van der Waals surface area contributed by atoms with E-state index in [1.165, 1.54) is 0 Å². The predicted molar refractivity (Wildman–Crippen MR) is 89.7 cm³/mol. The van der Waals surface area contributed by atoms with E-state index in [9.17, 15) is 0 Å². The van der Waals surface area contributed by atoms with Crippen molar-refractivity contribution in [2.75, 3.05) is 5.32 Å². The molecule has 0 unspecified atom stereocenters. The third-order valence-electron chi connectivity index (χ3n) is 3.03. The van der Waals surface area contributed by atoms with Gasteiger partial charge in [0.05, 0.1) is 0 Å². The maximum absolute atomic E-state index is 9.00. The minimum absolute atomic E-state index is 0.0881. The van der Waals surface area contributed by atoms with Crippen LogP contribution in [-0.4, -0.2) is 0 Å². The van der Waals surface area contributed by atoms with Gasteiger partial charge in [-0.1, -0.05) is 23.7 Å². The number of nitriles is 3. The van der Waals surface area contributed by atoms with Crippen LogP contribution in [0, 0.1) is 34.0 Å². The van der Waals surface area contributed by atoms with E-state index in [0.717, 1.165) is 5.56 Å². The summed E-state index contributed by atoms with van der Waals surface area (Å²) in [5, 5.41) is 30.0. The molecule has 0 radical (unpaired) electrons. The Bertz CT molecular complexity index is 850. The highest BCUT2D eigenvalue weighted by Crippen LogP contribution is 2.19. The van der Waals surface area contributed by atoms with Crippen LogP contribution in [0.1, 0.15) is 5.56 Å². The molecule has 24 heavy (non-hydrogen) atoms. The lowest BCUT2D eigenvalue weighted by atomic mass is 10.2. The van der Waals surface area contributed by atoms with E-state index >= 15 is 0 Å². The van der Waals surface area contributed by atoms with Gasteiger partial charge in [0, 0.05) is 10.7 Å². The highest BCUT2D eigenvalue weighted by atomic mass is 35.5. The molecule has 116 valence electrons. The fraction of sp³-hybridized carbons (Fsp3) is 0.0556. The van der Waals surface area contributed by atoms with Gasteiger partial charge in [-0.3, -0.25) is 0 Å². The van der Waals surface area contributed by atoms with Crippen molar-refractivity contribution in [3.8, 4) is 24.0 Å². The van der Waals surface area contributed by atoms with Crippen molar-refractivity contribution >= 4 is 17.3 Å². The average Bonchev–Trinajstić information content (AvgIpc) is 2.62. The van der Waals surface area contributed by atoms with Crippen molar-refractivity contribution in [2.45, 2.75) is 6.61 Å². The number of hydrogen-bond acceptors (Lipinski definition) is 5. The molecule has 0 aliphatic carbocycles. The molecule has 0 saturated heterocycles. The second-order valence-corrected chi connectivity index (χ2v) is 5.09. The van der Waals surface area contributed by atoms with Crippen LogP contribution < -0.4 is 10.1 Å². The number of rotatable bonds is 5. The standard InChI is InChI=1S/C18H11ClN4O/c19-15-3-1-13(2-4-15)12-24-17-7-5-16(6-8-17)23-18(11-22)14(9-20)10-21/h1-8,23H,12H2. The maximum atomic E-state index is 9.00. The molecule has 1 N–H and O–H groups in total. The van der Waals surface area contributed by atoms with Gasteiger partial charge in [-0.15, -0.1) is 0 Å². The van der Waals surface area contributed by atoms with Gasteiger partial charge in [0.2, 0.25) is 0 Å². The summed E-state index contributed by atoms with van der Waals surface area (Å²) in [5.41, 5.74) is 1.22. The molecule has 0 aliphatic heterocycles. The molecule has 2 aromatic carbocycles. The van der Waals surface area contributed by atoms with E-state index in [-0.39, 0.29) is 11.3 Å². The first-order valence-electron chi connectivity index (χ1n) is 6.85. The summed E-state index contributed by atoms with van der Waals surface area (Å²) in [6.45, 7) is 0.403. The molecule has 0 bridgehead atoms. The summed E-state index contributed by atoms with van der Waals surface area (Å²) < 4.78 is 5.66. The number of allylic oxidation sites excluding steroid dienone is 2. The first-order chi connectivity index (χ1) is 11.7. The van der Waals surface area contributed by atoms with Crippen LogP contribution in [-0.2, 0) is 6.61 Å². The summed E-state index contributed by atoms with van der Waals surface area (Å²) in [7, 11) is 0. The van der Waals surface area contributed by atoms with Crippen molar-refractivity contribution in [2.24, 2.45) is 0 Å². The molecule has 0 fully saturated rings. The van der Waals surface area contributed by atoms with Gasteiger partial charge in [-0.2, -0.15) is 15.8 Å². The summed E-state index contributed by atoms with van der Waals surface area (Å²) in [6, 6.07) is 19.4. The zero-order valence-electron chi connectivity index (χ0n) is 12.5. The van der Waals surface area contributed by atoms with Gasteiger partial charge < -0.3 is 10.1 Å². The van der Waals surface area contributed by atoms with E-state index in [4.69, 9.17) is 32.1 Å². The summed E-state index contributed by atoms with van der Waals surface area (Å²) in [6.07, 6.45) is 0. The first kappa shape index (κ1) is 16.9. The lowest BCUT2D eigenvalue weighted by Gasteiger charge is -2.08. The van der Waals surface area contributed by atoms with Gasteiger partial charge in [0.1, 0.15) is 36.3 Å². The van der Waals surface area contributed by atoms with Crippen LogP contribution in [0.2, 0.25) is 5.02 Å². The molecule has 0 aliphatic rings. The minimum Gasteiger partial charge on any atom is -0.489 e. The van der Waals surface area contributed by atoms with Crippen LogP contribution in [0.25, 0.3) is 0 Å². The highest BCUT2D eigenvalue weighted by Gasteiger charge is 2.06. The molecule has 2 aromatic rings. The number of hydrogen-bond donors (Lipinski definition) is 1. The van der Waals surface area contributed by atoms with E-state index in [1.54, 1.807) is 54.6 Å². The number of halogens is 1. The molecule has 0 aromatic heterocycles. The quantitative estimate of drug-likeness (QED) is 0.829. The number of nitrogens with zero attached hydrogens (tertiary/aromatic N) is 3. The van der Waals surface area contributed by atoms with Gasteiger partial charge >= 0.3 is 0 Å². The summed E-state index contributed by atoms with van der Waals surface area (Å²) in [4.78, 5) is 0. The summed E-state index contributed by atoms with van der Waals surface area (Å²) in [5.74, 6) is 0.652. The molecule has 0 spiro atoms. The van der Waals surface area contributed by atoms with Crippen molar-refractivity contribution in [1.82, 2.24) is 0 Å². The fourth-order valence-corrected chi connectivity index (χ4v) is 1.94. The molecule has 5 nitrogen and oxygen atoms in total. The molecule has 0 amide bonds. The lowest BCUT2D eigenvalue weighted by molar-refractivity contribution is 0.306. The monoisotopic (exact) mass is 334 g/mol. The third-order valence-corrected chi connectivity index (χ3v) is 3.28. The third kappa shape index (κ3) is 4.52. The zero-order valence-corrected chi connectivity index (χ0v) is 13.2. The maximum Gasteiger partial charge on any atom is 0.163 e. The molecule has 0 atom stereocenters. The number of benzene rings is 2. The van der Waals surface area contributed by atoms with Crippen molar-refractivity contribution < 1.29 is 4.74 Å². The van der Waals surface area contributed by atoms with Crippen molar-refractivity contribution in [3.05, 3.63) is 70.4 Å². The Morgan fingerprint density at radius 3 is 2.08 bits per heavy atom. The van der Waals surface area contributed by atoms with E-state index < -0.39 is 0 Å². The Kier molecular flexibility index (Phi) is 5.81. The number of nitrogens with one attached hydrogen (secondary N) is 1. The fourth-order valence-electron chi connectivity index (χ4n) is 1.81. The Labute approximate surface area is 144 Å². The van der Waals surface area contributed by atoms with Crippen LogP contribution in [0.5, 0.6) is 5.75 Å². The van der Waals surface area contributed by atoms with Crippen LogP contribution in [0.15, 0.2) is 59.8 Å². The smallest absolute Gasteiger partial charge is 0.163 e. The topological polar surface area (TPSA) is 92.6 Å². The van der Waals surface area contributed by atoms with E-state index in [0.29, 0.717) is 23.1 Å². The number of anilines is 1. The molecular weight excluding hydrogens is 324 g/mol. The van der Waals surface area contributed by atoms with Gasteiger partial charge in [-0.05, 0) is 42.0 Å². The zero-order chi connectivity index (χ0) is 17.4. The van der Waals surface area contributed by atoms with Gasteiger partial charge in [-0.25, -0.2) is 0 Å². The Balaban J connectivity index is 2.02. The molecular formula is C18H11ClN4O. The molecule has 0 saturated carbocycles. The number of ether oxygens (including phenoxy) is 1. The van der Waals surface area contributed by atoms with Crippen molar-refractivity contribution in [1.29, 1.82) is 15.8 Å². The Hall–Kier alpha value is -3.46.